The summed E-state index contributed by atoms with van der Waals surface area (Å²) < 4.78 is 0. The third-order valence-electron chi connectivity index (χ3n) is 2.48. The zero-order valence-electron chi connectivity index (χ0n) is 7.29. The molecule has 0 bridgehead atoms. The molecule has 1 aliphatic rings. The van der Waals surface area contributed by atoms with Crippen LogP contribution in [0, 0.1) is 6.92 Å². The van der Waals surface area contributed by atoms with E-state index < -0.39 is 0 Å². The lowest BCUT2D eigenvalue weighted by Gasteiger charge is -2.27. The van der Waals surface area contributed by atoms with Crippen molar-refractivity contribution in [2.24, 2.45) is 0 Å². The Kier molecular flexibility index (Phi) is 2.40. The van der Waals surface area contributed by atoms with Crippen LogP contribution in [0.25, 0.3) is 0 Å². The largest absolute Gasteiger partial charge is 0.227 e. The number of aryl methyl sites for hydroxylation is 1. The van der Waals surface area contributed by atoms with Crippen molar-refractivity contribution in [3.8, 4) is 0 Å². The Balaban J connectivity index is 2.37. The Morgan fingerprint density at radius 1 is 1.33 bits per heavy atom. The second kappa shape index (κ2) is 3.53. The molecule has 65 valence electrons. The number of rotatable bonds is 1. The van der Waals surface area contributed by atoms with Crippen molar-refractivity contribution in [3.63, 3.8) is 0 Å². The van der Waals surface area contributed by atoms with Crippen molar-refractivity contribution in [1.82, 2.24) is 0 Å². The Morgan fingerprint density at radius 3 is 3.00 bits per heavy atom. The molecule has 1 unspecified atom stereocenters. The summed E-state index contributed by atoms with van der Waals surface area (Å²) in [5.41, 5.74) is 1.58. The van der Waals surface area contributed by atoms with E-state index in [1.807, 2.05) is 0 Å². The summed E-state index contributed by atoms with van der Waals surface area (Å²) in [4.78, 5) is 1.62. The van der Waals surface area contributed by atoms with Crippen LogP contribution in [0.5, 0.6) is 0 Å². The molecule has 0 aliphatic carbocycles. The minimum Gasteiger partial charge on any atom is -0.227 e. The quantitative estimate of drug-likeness (QED) is 0.630. The van der Waals surface area contributed by atoms with E-state index in [2.05, 4.69) is 31.2 Å². The van der Waals surface area contributed by atoms with E-state index in [4.69, 9.17) is 0 Å². The Morgan fingerprint density at radius 2 is 2.17 bits per heavy atom. The van der Waals surface area contributed by atoms with Crippen molar-refractivity contribution in [3.05, 3.63) is 36.8 Å². The fraction of sp³-hybridized carbons (Fsp3) is 0.364. The van der Waals surface area contributed by atoms with Crippen molar-refractivity contribution in [2.75, 3.05) is 11.5 Å². The number of benzene rings is 1. The van der Waals surface area contributed by atoms with Crippen LogP contribution in [0.1, 0.15) is 12.0 Å². The van der Waals surface area contributed by atoms with Crippen LogP contribution in [0.3, 0.4) is 0 Å². The van der Waals surface area contributed by atoms with Crippen LogP contribution >= 0.6 is 10.9 Å². The smallest absolute Gasteiger partial charge is 0.00929 e. The first-order chi connectivity index (χ1) is 5.92. The average Bonchev–Trinajstić information content (AvgIpc) is 2.17. The highest BCUT2D eigenvalue weighted by Gasteiger charge is 2.13. The maximum atomic E-state index is 4.04. The predicted octanol–water partition coefficient (Wildman–Crippen LogP) is 2.83. The molecule has 1 atom stereocenters. The third kappa shape index (κ3) is 1.38. The molecule has 0 fully saturated rings. The number of hydrogen-bond donors (Lipinski definition) is 1. The lowest BCUT2D eigenvalue weighted by atomic mass is 10.1. The molecular formula is C11H15S. The van der Waals surface area contributed by atoms with Gasteiger partial charge in [0.1, 0.15) is 0 Å². The van der Waals surface area contributed by atoms with Crippen molar-refractivity contribution in [2.45, 2.75) is 17.7 Å². The van der Waals surface area contributed by atoms with Gasteiger partial charge in [-0.1, -0.05) is 24.3 Å². The average molecular weight is 179 g/mol. The monoisotopic (exact) mass is 179 g/mol. The molecule has 1 heteroatoms. The normalized spacial score (nSPS) is 24.9. The van der Waals surface area contributed by atoms with Gasteiger partial charge in [0.2, 0.25) is 0 Å². The zero-order valence-corrected chi connectivity index (χ0v) is 8.19. The van der Waals surface area contributed by atoms with Gasteiger partial charge in [0.15, 0.2) is 0 Å². The molecule has 1 aliphatic heterocycles. The first kappa shape index (κ1) is 8.18. The fourth-order valence-corrected chi connectivity index (χ4v) is 3.98. The summed E-state index contributed by atoms with van der Waals surface area (Å²) in [6.07, 6.45) is 2.66. The topological polar surface area (TPSA) is 0 Å². The highest BCUT2D eigenvalue weighted by molar-refractivity contribution is 8.17. The second-order valence-electron chi connectivity index (χ2n) is 3.22. The van der Waals surface area contributed by atoms with Gasteiger partial charge in [0.05, 0.1) is 0 Å². The maximum Gasteiger partial charge on any atom is -0.00929 e. The van der Waals surface area contributed by atoms with E-state index in [0.717, 1.165) is 5.75 Å². The minimum absolute atomic E-state index is 0.104. The summed E-state index contributed by atoms with van der Waals surface area (Å²) in [6.45, 7) is 4.04. The Hall–Kier alpha value is -0.430. The van der Waals surface area contributed by atoms with Crippen LogP contribution < -0.4 is 0 Å². The van der Waals surface area contributed by atoms with E-state index in [0.29, 0.717) is 0 Å². The van der Waals surface area contributed by atoms with E-state index in [-0.39, 0.29) is 10.9 Å². The molecule has 1 heterocycles. The highest BCUT2D eigenvalue weighted by Crippen LogP contribution is 2.42. The summed E-state index contributed by atoms with van der Waals surface area (Å²) >= 11 is 0. The molecule has 1 aromatic rings. The van der Waals surface area contributed by atoms with Gasteiger partial charge in [-0.25, -0.2) is 10.9 Å². The zero-order chi connectivity index (χ0) is 8.39. The fourth-order valence-electron chi connectivity index (χ4n) is 1.84. The first-order valence-corrected chi connectivity index (χ1v) is 6.25. The van der Waals surface area contributed by atoms with Crippen LogP contribution in [0.15, 0.2) is 29.2 Å². The molecule has 2 rings (SSSR count). The van der Waals surface area contributed by atoms with Crippen LogP contribution in [0.4, 0.5) is 0 Å². The molecule has 1 radical (unpaired) electrons. The highest BCUT2D eigenvalue weighted by atomic mass is 32.2. The number of thiol groups is 1. The van der Waals surface area contributed by atoms with Gasteiger partial charge >= 0.3 is 0 Å². The lowest BCUT2D eigenvalue weighted by molar-refractivity contribution is 0.884. The van der Waals surface area contributed by atoms with E-state index in [1.165, 1.54) is 18.6 Å². The number of fused-ring (bicyclic) bond motifs is 1. The van der Waals surface area contributed by atoms with Gasteiger partial charge in [-0.05, 0) is 41.7 Å². The molecule has 0 saturated carbocycles. The maximum absolute atomic E-state index is 4.04. The standard InChI is InChI=1S/C11H15S/c1-2-12-9-5-7-10-6-3-4-8-11(10)12/h3-4,6,8,12H,1-2,5,7,9H2. The Labute approximate surface area is 77.3 Å². The van der Waals surface area contributed by atoms with Gasteiger partial charge in [0.25, 0.3) is 0 Å². The van der Waals surface area contributed by atoms with Gasteiger partial charge < -0.3 is 0 Å². The predicted molar refractivity (Wildman–Crippen MR) is 57.1 cm³/mol. The molecule has 0 saturated heterocycles. The molecule has 0 nitrogen and oxygen atoms in total. The molecule has 1 aromatic carbocycles. The SMILES string of the molecule is [CH2]C[SH]1CCCc2ccccc21. The summed E-state index contributed by atoms with van der Waals surface area (Å²) in [5.74, 6) is 2.52. The summed E-state index contributed by atoms with van der Waals surface area (Å²) in [5, 5.41) is 0. The molecule has 0 amide bonds. The van der Waals surface area contributed by atoms with E-state index >= 15 is 0 Å². The third-order valence-corrected chi connectivity index (χ3v) is 4.99. The van der Waals surface area contributed by atoms with Crippen LogP contribution in [-0.2, 0) is 6.42 Å². The van der Waals surface area contributed by atoms with Crippen LogP contribution in [0.2, 0.25) is 0 Å². The van der Waals surface area contributed by atoms with Gasteiger partial charge in [-0.3, -0.25) is 0 Å². The summed E-state index contributed by atoms with van der Waals surface area (Å²) in [6, 6.07) is 8.89. The minimum atomic E-state index is 0.104. The molecular weight excluding hydrogens is 164 g/mol. The van der Waals surface area contributed by atoms with Crippen molar-refractivity contribution in [1.29, 1.82) is 0 Å². The van der Waals surface area contributed by atoms with Crippen LogP contribution in [-0.4, -0.2) is 11.5 Å². The van der Waals surface area contributed by atoms with E-state index in [1.54, 1.807) is 10.5 Å². The van der Waals surface area contributed by atoms with Crippen molar-refractivity contribution < 1.29 is 0 Å². The first-order valence-electron chi connectivity index (χ1n) is 4.54. The molecule has 0 aromatic heterocycles. The Bertz CT molecular complexity index is 267. The summed E-state index contributed by atoms with van der Waals surface area (Å²) in [7, 11) is 0.104. The second-order valence-corrected chi connectivity index (χ2v) is 5.68. The molecule has 0 spiro atoms. The molecule has 12 heavy (non-hydrogen) atoms. The van der Waals surface area contributed by atoms with Gasteiger partial charge in [-0.15, -0.1) is 0 Å². The van der Waals surface area contributed by atoms with Gasteiger partial charge in [-0.2, -0.15) is 0 Å². The van der Waals surface area contributed by atoms with Crippen molar-refractivity contribution >= 4 is 10.9 Å². The van der Waals surface area contributed by atoms with Gasteiger partial charge in [0, 0.05) is 0 Å². The molecule has 0 N–H and O–H groups in total. The lowest BCUT2D eigenvalue weighted by Crippen LogP contribution is -2.05. The number of hydrogen-bond acceptors (Lipinski definition) is 0. The van der Waals surface area contributed by atoms with E-state index in [9.17, 15) is 0 Å².